The zero-order valence-corrected chi connectivity index (χ0v) is 24.7. The van der Waals surface area contributed by atoms with Crippen LogP contribution in [0.1, 0.15) is 52.5 Å². The third-order valence-electron chi connectivity index (χ3n) is 6.89. The summed E-state index contributed by atoms with van der Waals surface area (Å²) in [6.07, 6.45) is 4.98. The summed E-state index contributed by atoms with van der Waals surface area (Å²) in [7, 11) is 1.62. The fourth-order valence-electron chi connectivity index (χ4n) is 4.41. The first-order valence-electron chi connectivity index (χ1n) is 14.5. The Hall–Kier alpha value is -5.43. The summed E-state index contributed by atoms with van der Waals surface area (Å²) in [6, 6.07) is 32.0. The van der Waals surface area contributed by atoms with Gasteiger partial charge in [0.05, 0.1) is 30.5 Å². The van der Waals surface area contributed by atoms with Crippen LogP contribution in [0, 0.1) is 0 Å². The van der Waals surface area contributed by atoms with Crippen molar-refractivity contribution >= 4 is 34.6 Å². The van der Waals surface area contributed by atoms with Gasteiger partial charge in [0.25, 0.3) is 0 Å². The first-order valence-corrected chi connectivity index (χ1v) is 14.5. The second-order valence-electron chi connectivity index (χ2n) is 10.1. The molecule has 5 aromatic carbocycles. The predicted molar refractivity (Wildman–Crippen MR) is 172 cm³/mol. The van der Waals surface area contributed by atoms with Crippen molar-refractivity contribution in [2.75, 3.05) is 13.7 Å². The summed E-state index contributed by atoms with van der Waals surface area (Å²) < 4.78 is 22.0. The van der Waals surface area contributed by atoms with Crippen LogP contribution in [0.4, 0.5) is 5.69 Å². The number of methoxy groups -OCH3 is 1. The van der Waals surface area contributed by atoms with E-state index >= 15 is 0 Å². The molecule has 7 nitrogen and oxygen atoms in total. The highest BCUT2D eigenvalue weighted by atomic mass is 16.5. The lowest BCUT2D eigenvalue weighted by Gasteiger charge is -2.07. The molecule has 0 atom stereocenters. The Morgan fingerprint density at radius 3 is 1.89 bits per heavy atom. The Kier molecular flexibility index (Phi) is 10.0. The molecule has 0 unspecified atom stereocenters. The molecule has 0 aliphatic heterocycles. The van der Waals surface area contributed by atoms with Crippen LogP contribution in [-0.4, -0.2) is 31.9 Å². The average molecular weight is 588 g/mol. The maximum absolute atomic E-state index is 12.7. The lowest BCUT2D eigenvalue weighted by Crippen LogP contribution is -2.08. The molecule has 0 saturated heterocycles. The molecule has 44 heavy (non-hydrogen) atoms. The number of unbranched alkanes of at least 4 members (excludes halogenated alkanes) is 2. The third-order valence-corrected chi connectivity index (χ3v) is 6.89. The molecule has 0 fully saturated rings. The van der Waals surface area contributed by atoms with Gasteiger partial charge in [-0.1, -0.05) is 31.9 Å². The molecule has 5 rings (SSSR count). The highest BCUT2D eigenvalue weighted by molar-refractivity contribution is 5.97. The maximum Gasteiger partial charge on any atom is 0.343 e. The first-order chi connectivity index (χ1) is 21.5. The second kappa shape index (κ2) is 14.6. The van der Waals surface area contributed by atoms with Gasteiger partial charge in [0.1, 0.15) is 23.0 Å². The van der Waals surface area contributed by atoms with E-state index in [2.05, 4.69) is 11.9 Å². The normalized spacial score (nSPS) is 11.0. The summed E-state index contributed by atoms with van der Waals surface area (Å²) in [5, 5.41) is 1.90. The number of fused-ring (bicyclic) bond motifs is 1. The molecule has 0 amide bonds. The minimum Gasteiger partial charge on any atom is -0.497 e. The Bertz CT molecular complexity index is 1740. The minimum atomic E-state index is -0.441. The van der Waals surface area contributed by atoms with Crippen LogP contribution in [0.25, 0.3) is 10.8 Å². The zero-order chi connectivity index (χ0) is 30.7. The van der Waals surface area contributed by atoms with E-state index < -0.39 is 11.9 Å². The number of aliphatic imine (C=N–C) groups is 1. The van der Waals surface area contributed by atoms with Crippen molar-refractivity contribution in [1.29, 1.82) is 0 Å². The number of hydrogen-bond donors (Lipinski definition) is 0. The van der Waals surface area contributed by atoms with Crippen LogP contribution in [-0.2, 0) is 0 Å². The van der Waals surface area contributed by atoms with Crippen molar-refractivity contribution in [1.82, 2.24) is 0 Å². The van der Waals surface area contributed by atoms with E-state index in [1.807, 2.05) is 36.4 Å². The van der Waals surface area contributed by atoms with Crippen molar-refractivity contribution in [3.8, 4) is 23.0 Å². The molecule has 0 aliphatic rings. The van der Waals surface area contributed by atoms with Gasteiger partial charge in [-0.2, -0.15) is 0 Å². The Morgan fingerprint density at radius 2 is 1.20 bits per heavy atom. The first kappa shape index (κ1) is 30.0. The van der Waals surface area contributed by atoms with Gasteiger partial charge in [-0.05, 0) is 120 Å². The van der Waals surface area contributed by atoms with E-state index in [1.165, 1.54) is 0 Å². The smallest absolute Gasteiger partial charge is 0.343 e. The molecule has 0 heterocycles. The van der Waals surface area contributed by atoms with Crippen LogP contribution >= 0.6 is 0 Å². The highest BCUT2D eigenvalue weighted by Crippen LogP contribution is 2.24. The van der Waals surface area contributed by atoms with E-state index in [0.29, 0.717) is 34.9 Å². The Balaban J connectivity index is 1.12. The van der Waals surface area contributed by atoms with E-state index in [9.17, 15) is 9.59 Å². The van der Waals surface area contributed by atoms with Gasteiger partial charge < -0.3 is 18.9 Å². The summed E-state index contributed by atoms with van der Waals surface area (Å²) in [5.74, 6) is 1.47. The standard InChI is InChI=1S/C37H33NO6/c1-3-4-5-22-42-32-17-10-27(11-18-32)36(39)43-33-15-6-26(7-16-33)25-38-31-13-20-34(21-14-31)44-37(40)30-9-8-29-24-35(41-2)19-12-28(29)23-30/h6-21,23-25H,3-5,22H2,1-2H3. The monoisotopic (exact) mass is 587 g/mol. The van der Waals surface area contributed by atoms with E-state index in [4.69, 9.17) is 18.9 Å². The minimum absolute atomic E-state index is 0.420. The van der Waals surface area contributed by atoms with E-state index in [0.717, 1.165) is 47.1 Å². The fraction of sp³-hybridized carbons (Fsp3) is 0.162. The number of rotatable bonds is 12. The second-order valence-corrected chi connectivity index (χ2v) is 10.1. The number of esters is 2. The molecule has 0 saturated carbocycles. The van der Waals surface area contributed by atoms with Crippen LogP contribution in [0.2, 0.25) is 0 Å². The van der Waals surface area contributed by atoms with Gasteiger partial charge in [0.2, 0.25) is 0 Å². The van der Waals surface area contributed by atoms with Gasteiger partial charge in [0, 0.05) is 6.21 Å². The molecule has 7 heteroatoms. The average Bonchev–Trinajstić information content (AvgIpc) is 3.06. The summed E-state index contributed by atoms with van der Waals surface area (Å²) >= 11 is 0. The van der Waals surface area contributed by atoms with Gasteiger partial charge in [-0.25, -0.2) is 9.59 Å². The number of carbonyl (C=O) groups excluding carboxylic acids is 2. The maximum atomic E-state index is 12.7. The topological polar surface area (TPSA) is 83.4 Å². The number of carbonyl (C=O) groups is 2. The van der Waals surface area contributed by atoms with Crippen LogP contribution in [0.5, 0.6) is 23.0 Å². The van der Waals surface area contributed by atoms with E-state index in [-0.39, 0.29) is 0 Å². The van der Waals surface area contributed by atoms with Gasteiger partial charge >= 0.3 is 11.9 Å². The summed E-state index contributed by atoms with van der Waals surface area (Å²) in [4.78, 5) is 29.7. The van der Waals surface area contributed by atoms with Crippen molar-refractivity contribution in [3.05, 3.63) is 126 Å². The zero-order valence-electron chi connectivity index (χ0n) is 24.7. The fourth-order valence-corrected chi connectivity index (χ4v) is 4.41. The molecule has 0 aliphatic carbocycles. The molecule has 0 spiro atoms. The molecular weight excluding hydrogens is 554 g/mol. The summed E-state index contributed by atoms with van der Waals surface area (Å²) in [5.41, 5.74) is 2.43. The van der Waals surface area contributed by atoms with Crippen molar-refractivity contribution in [2.45, 2.75) is 26.2 Å². The van der Waals surface area contributed by atoms with Gasteiger partial charge in [0.15, 0.2) is 0 Å². The molecule has 0 radical (unpaired) electrons. The molecule has 0 aromatic heterocycles. The van der Waals surface area contributed by atoms with Gasteiger partial charge in [-0.15, -0.1) is 0 Å². The Morgan fingerprint density at radius 1 is 0.636 bits per heavy atom. The van der Waals surface area contributed by atoms with Crippen LogP contribution in [0.15, 0.2) is 114 Å². The number of nitrogens with zero attached hydrogens (tertiary/aromatic N) is 1. The number of hydrogen-bond acceptors (Lipinski definition) is 7. The predicted octanol–water partition coefficient (Wildman–Crippen LogP) is 8.61. The molecule has 0 N–H and O–H groups in total. The third kappa shape index (κ3) is 8.10. The number of benzene rings is 5. The highest BCUT2D eigenvalue weighted by Gasteiger charge is 2.11. The quantitative estimate of drug-likeness (QED) is 0.0629. The molecule has 0 bridgehead atoms. The van der Waals surface area contributed by atoms with Crippen molar-refractivity contribution < 1.29 is 28.5 Å². The number of ether oxygens (including phenoxy) is 4. The molecule has 222 valence electrons. The lowest BCUT2D eigenvalue weighted by molar-refractivity contribution is 0.0725. The molecule has 5 aromatic rings. The summed E-state index contributed by atoms with van der Waals surface area (Å²) in [6.45, 7) is 2.81. The SMILES string of the molecule is CCCCCOc1ccc(C(=O)Oc2ccc(C=Nc3ccc(OC(=O)c4ccc5cc(OC)ccc5c4)cc3)cc2)cc1. The lowest BCUT2D eigenvalue weighted by atomic mass is 10.1. The van der Waals surface area contributed by atoms with Crippen LogP contribution < -0.4 is 18.9 Å². The Labute approximate surface area is 256 Å². The van der Waals surface area contributed by atoms with Gasteiger partial charge in [-0.3, -0.25) is 4.99 Å². The molecular formula is C37H33NO6. The largest absolute Gasteiger partial charge is 0.497 e. The van der Waals surface area contributed by atoms with Crippen molar-refractivity contribution in [2.24, 2.45) is 4.99 Å². The van der Waals surface area contributed by atoms with Crippen molar-refractivity contribution in [3.63, 3.8) is 0 Å². The van der Waals surface area contributed by atoms with Crippen LogP contribution in [0.3, 0.4) is 0 Å². The van der Waals surface area contributed by atoms with E-state index in [1.54, 1.807) is 86.1 Å².